The van der Waals surface area contributed by atoms with E-state index in [0.717, 1.165) is 12.5 Å². The highest BCUT2D eigenvalue weighted by molar-refractivity contribution is 5.82. The molecule has 1 amide bonds. The Hall–Kier alpha value is -2.28. The SMILES string of the molecule is CC(C)(C)OC(=O)N1CCN2C(NCCOCc3ccccc3)=NCC2C1. The molecule has 1 aromatic rings. The standard InChI is InChI=1S/C20H30N4O3/c1-20(2,3)27-19(25)23-10-11-24-17(14-23)13-22-18(24)21-9-12-26-15-16-7-5-4-6-8-16/h4-8,17H,9-15H2,1-3H3,(H,21,22). The van der Waals surface area contributed by atoms with E-state index in [1.807, 2.05) is 39.0 Å². The van der Waals surface area contributed by atoms with Gasteiger partial charge in [0.2, 0.25) is 0 Å². The molecule has 0 bridgehead atoms. The van der Waals surface area contributed by atoms with E-state index in [0.29, 0.717) is 39.4 Å². The minimum absolute atomic E-state index is 0.221. The largest absolute Gasteiger partial charge is 0.444 e. The first-order valence-electron chi connectivity index (χ1n) is 9.57. The lowest BCUT2D eigenvalue weighted by atomic mass is 10.2. The molecule has 3 rings (SSSR count). The van der Waals surface area contributed by atoms with Gasteiger partial charge < -0.3 is 24.6 Å². The predicted molar refractivity (Wildman–Crippen MR) is 105 cm³/mol. The summed E-state index contributed by atoms with van der Waals surface area (Å²) in [5.41, 5.74) is 0.710. The van der Waals surface area contributed by atoms with Crippen molar-refractivity contribution in [3.63, 3.8) is 0 Å². The van der Waals surface area contributed by atoms with E-state index in [2.05, 4.69) is 27.3 Å². The number of nitrogens with one attached hydrogen (secondary N) is 1. The van der Waals surface area contributed by atoms with Crippen molar-refractivity contribution >= 4 is 12.1 Å². The topological polar surface area (TPSA) is 66.4 Å². The van der Waals surface area contributed by atoms with Gasteiger partial charge >= 0.3 is 6.09 Å². The van der Waals surface area contributed by atoms with Crippen LogP contribution >= 0.6 is 0 Å². The first-order valence-corrected chi connectivity index (χ1v) is 9.57. The van der Waals surface area contributed by atoms with Gasteiger partial charge in [0.25, 0.3) is 0 Å². The van der Waals surface area contributed by atoms with Crippen molar-refractivity contribution < 1.29 is 14.3 Å². The molecule has 0 saturated carbocycles. The Labute approximate surface area is 161 Å². The number of carbonyl (C=O) groups is 1. The fourth-order valence-electron chi connectivity index (χ4n) is 3.22. The summed E-state index contributed by atoms with van der Waals surface area (Å²) in [4.78, 5) is 20.9. The molecule has 1 aromatic carbocycles. The number of rotatable bonds is 5. The monoisotopic (exact) mass is 374 g/mol. The lowest BCUT2D eigenvalue weighted by Crippen LogP contribution is -2.57. The second kappa shape index (κ2) is 8.61. The lowest BCUT2D eigenvalue weighted by molar-refractivity contribution is 0.0137. The van der Waals surface area contributed by atoms with Crippen LogP contribution in [0.15, 0.2) is 35.3 Å². The van der Waals surface area contributed by atoms with Crippen molar-refractivity contribution in [2.24, 2.45) is 4.99 Å². The summed E-state index contributed by atoms with van der Waals surface area (Å²) in [7, 11) is 0. The van der Waals surface area contributed by atoms with E-state index >= 15 is 0 Å². The third-order valence-electron chi connectivity index (χ3n) is 4.50. The van der Waals surface area contributed by atoms with Crippen LogP contribution in [0, 0.1) is 0 Å². The highest BCUT2D eigenvalue weighted by Crippen LogP contribution is 2.18. The number of piperazine rings is 1. The number of carbonyl (C=O) groups excluding carboxylic acids is 1. The Kier molecular flexibility index (Phi) is 6.21. The first-order chi connectivity index (χ1) is 12.9. The van der Waals surface area contributed by atoms with Gasteiger partial charge in [-0.2, -0.15) is 0 Å². The van der Waals surface area contributed by atoms with E-state index < -0.39 is 5.60 Å². The molecule has 7 nitrogen and oxygen atoms in total. The highest BCUT2D eigenvalue weighted by atomic mass is 16.6. The van der Waals surface area contributed by atoms with Crippen LogP contribution in [-0.4, -0.2) is 72.8 Å². The quantitative estimate of drug-likeness (QED) is 0.800. The van der Waals surface area contributed by atoms with Crippen molar-refractivity contribution in [3.05, 3.63) is 35.9 Å². The van der Waals surface area contributed by atoms with Gasteiger partial charge in [-0.3, -0.25) is 4.99 Å². The van der Waals surface area contributed by atoms with Crippen LogP contribution in [-0.2, 0) is 16.1 Å². The molecule has 0 aliphatic carbocycles. The molecule has 1 unspecified atom stereocenters. The highest BCUT2D eigenvalue weighted by Gasteiger charge is 2.36. The second-order valence-corrected chi connectivity index (χ2v) is 7.90. The summed E-state index contributed by atoms with van der Waals surface area (Å²) in [5.74, 6) is 0.909. The molecule has 2 heterocycles. The number of aliphatic imine (C=N–C) groups is 1. The fourth-order valence-corrected chi connectivity index (χ4v) is 3.22. The molecule has 2 aliphatic rings. The van der Waals surface area contributed by atoms with Gasteiger partial charge in [0.15, 0.2) is 5.96 Å². The minimum Gasteiger partial charge on any atom is -0.444 e. The van der Waals surface area contributed by atoms with Gasteiger partial charge in [-0.25, -0.2) is 4.79 Å². The number of fused-ring (bicyclic) bond motifs is 1. The van der Waals surface area contributed by atoms with E-state index in [1.54, 1.807) is 4.90 Å². The molecule has 0 aromatic heterocycles. The van der Waals surface area contributed by atoms with Crippen molar-refractivity contribution in [1.82, 2.24) is 15.1 Å². The van der Waals surface area contributed by atoms with Crippen LogP contribution < -0.4 is 5.32 Å². The second-order valence-electron chi connectivity index (χ2n) is 7.90. The van der Waals surface area contributed by atoms with Crippen molar-refractivity contribution in [2.45, 2.75) is 39.0 Å². The summed E-state index contributed by atoms with van der Waals surface area (Å²) in [5, 5.41) is 3.37. The molecule has 1 atom stereocenters. The Morgan fingerprint density at radius 3 is 2.78 bits per heavy atom. The average molecular weight is 374 g/mol. The Bertz CT molecular complexity index is 657. The number of ether oxygens (including phenoxy) is 2. The van der Waals surface area contributed by atoms with E-state index in [-0.39, 0.29) is 12.1 Å². The number of hydrogen-bond donors (Lipinski definition) is 1. The maximum Gasteiger partial charge on any atom is 0.410 e. The van der Waals surface area contributed by atoms with Crippen molar-refractivity contribution in [3.8, 4) is 0 Å². The van der Waals surface area contributed by atoms with Gasteiger partial charge in [0, 0.05) is 26.2 Å². The summed E-state index contributed by atoms with van der Waals surface area (Å²) >= 11 is 0. The molecule has 2 aliphatic heterocycles. The Morgan fingerprint density at radius 2 is 2.04 bits per heavy atom. The van der Waals surface area contributed by atoms with Crippen LogP contribution in [0.3, 0.4) is 0 Å². The summed E-state index contributed by atoms with van der Waals surface area (Å²) in [6.07, 6.45) is -0.238. The molecule has 7 heteroatoms. The Morgan fingerprint density at radius 1 is 1.26 bits per heavy atom. The molecule has 1 fully saturated rings. The van der Waals surface area contributed by atoms with E-state index in [1.165, 1.54) is 5.56 Å². The predicted octanol–water partition coefficient (Wildman–Crippen LogP) is 2.08. The molecular weight excluding hydrogens is 344 g/mol. The summed E-state index contributed by atoms with van der Waals surface area (Å²) in [6.45, 7) is 10.4. The number of guanidine groups is 1. The zero-order chi connectivity index (χ0) is 19.3. The lowest BCUT2D eigenvalue weighted by Gasteiger charge is -2.39. The number of nitrogens with zero attached hydrogens (tertiary/aromatic N) is 3. The first kappa shape index (κ1) is 19.5. The van der Waals surface area contributed by atoms with Gasteiger partial charge in [-0.1, -0.05) is 30.3 Å². The van der Waals surface area contributed by atoms with E-state index in [9.17, 15) is 4.79 Å². The molecule has 0 radical (unpaired) electrons. The van der Waals surface area contributed by atoms with Crippen LogP contribution in [0.1, 0.15) is 26.3 Å². The average Bonchev–Trinajstić information content (AvgIpc) is 3.03. The molecule has 1 saturated heterocycles. The van der Waals surface area contributed by atoms with Gasteiger partial charge in [0.1, 0.15) is 5.60 Å². The van der Waals surface area contributed by atoms with E-state index in [4.69, 9.17) is 9.47 Å². The third kappa shape index (κ3) is 5.60. The molecule has 1 N–H and O–H groups in total. The zero-order valence-electron chi connectivity index (χ0n) is 16.5. The third-order valence-corrected chi connectivity index (χ3v) is 4.50. The van der Waals surface area contributed by atoms with Crippen molar-refractivity contribution in [2.75, 3.05) is 39.3 Å². The van der Waals surface area contributed by atoms with Gasteiger partial charge in [-0.15, -0.1) is 0 Å². The summed E-state index contributed by atoms with van der Waals surface area (Å²) in [6, 6.07) is 10.4. The van der Waals surface area contributed by atoms with Crippen LogP contribution in [0.5, 0.6) is 0 Å². The molecule has 0 spiro atoms. The number of amides is 1. The molecular formula is C20H30N4O3. The maximum absolute atomic E-state index is 12.3. The smallest absolute Gasteiger partial charge is 0.410 e. The van der Waals surface area contributed by atoms with Crippen LogP contribution in [0.4, 0.5) is 4.79 Å². The number of hydrogen-bond acceptors (Lipinski definition) is 6. The van der Waals surface area contributed by atoms with Gasteiger partial charge in [0.05, 0.1) is 25.8 Å². The number of benzene rings is 1. The Balaban J connectivity index is 1.37. The molecule has 148 valence electrons. The maximum atomic E-state index is 12.3. The van der Waals surface area contributed by atoms with Crippen molar-refractivity contribution in [1.29, 1.82) is 0 Å². The minimum atomic E-state index is -0.465. The zero-order valence-corrected chi connectivity index (χ0v) is 16.5. The van der Waals surface area contributed by atoms with Crippen LogP contribution in [0.25, 0.3) is 0 Å². The normalized spacial score (nSPS) is 19.5. The van der Waals surface area contributed by atoms with Gasteiger partial charge in [-0.05, 0) is 26.3 Å². The fraction of sp³-hybridized carbons (Fsp3) is 0.600. The molecule has 27 heavy (non-hydrogen) atoms. The van der Waals surface area contributed by atoms with Crippen LogP contribution in [0.2, 0.25) is 0 Å². The summed E-state index contributed by atoms with van der Waals surface area (Å²) < 4.78 is 11.2.